The number of nitrogens with zero attached hydrogens (tertiary/aromatic N) is 1. The van der Waals surface area contributed by atoms with Crippen LogP contribution in [0.2, 0.25) is 0 Å². The van der Waals surface area contributed by atoms with Crippen molar-refractivity contribution in [3.8, 4) is 0 Å². The summed E-state index contributed by atoms with van der Waals surface area (Å²) in [6.07, 6.45) is 0. The predicted octanol–water partition coefficient (Wildman–Crippen LogP) is 2.02. The van der Waals surface area contributed by atoms with Gasteiger partial charge in [0.05, 0.1) is 5.71 Å². The molecule has 0 amide bonds. The van der Waals surface area contributed by atoms with E-state index >= 15 is 0 Å². The van der Waals surface area contributed by atoms with Crippen LogP contribution >= 0.6 is 11.9 Å². The van der Waals surface area contributed by atoms with Crippen LogP contribution in [0.25, 0.3) is 0 Å². The first kappa shape index (κ1) is 6.73. The second-order valence-electron chi connectivity index (χ2n) is 2.39. The molecule has 1 aliphatic heterocycles. The zero-order chi connectivity index (χ0) is 7.68. The van der Waals surface area contributed by atoms with Gasteiger partial charge in [-0.25, -0.2) is 4.83 Å². The molecule has 1 aromatic rings. The lowest BCUT2D eigenvalue weighted by atomic mass is 10.1. The highest BCUT2D eigenvalue weighted by Gasteiger charge is 2.08. The van der Waals surface area contributed by atoms with Gasteiger partial charge in [-0.3, -0.25) is 0 Å². The molecule has 0 radical (unpaired) electrons. The highest BCUT2D eigenvalue weighted by molar-refractivity contribution is 7.97. The lowest BCUT2D eigenvalue weighted by Gasteiger charge is -2.12. The van der Waals surface area contributed by atoms with Gasteiger partial charge in [0.15, 0.2) is 0 Å². The van der Waals surface area contributed by atoms with Crippen LogP contribution in [-0.4, -0.2) is 5.71 Å². The van der Waals surface area contributed by atoms with Crippen LogP contribution < -0.4 is 4.83 Å². The molecule has 11 heavy (non-hydrogen) atoms. The molecule has 0 aliphatic carbocycles. The van der Waals surface area contributed by atoms with Crippen molar-refractivity contribution in [3.05, 3.63) is 29.8 Å². The maximum absolute atomic E-state index is 4.10. The number of benzene rings is 1. The van der Waals surface area contributed by atoms with Crippen molar-refractivity contribution in [1.29, 1.82) is 0 Å². The van der Waals surface area contributed by atoms with Gasteiger partial charge in [0, 0.05) is 22.4 Å². The monoisotopic (exact) mass is 164 g/mol. The summed E-state index contributed by atoms with van der Waals surface area (Å²) in [5, 5.41) is 4.10. The molecule has 0 bridgehead atoms. The number of hydrogen-bond donors (Lipinski definition) is 1. The number of nitrogens with one attached hydrogen (secondary N) is 1. The molecule has 1 aromatic carbocycles. The summed E-state index contributed by atoms with van der Waals surface area (Å²) in [7, 11) is 0. The van der Waals surface area contributed by atoms with Crippen LogP contribution in [-0.2, 0) is 0 Å². The lowest BCUT2D eigenvalue weighted by Crippen LogP contribution is -2.09. The second kappa shape index (κ2) is 2.58. The summed E-state index contributed by atoms with van der Waals surface area (Å²) in [4.78, 5) is 4.15. The van der Waals surface area contributed by atoms with E-state index in [1.54, 1.807) is 11.9 Å². The van der Waals surface area contributed by atoms with E-state index in [0.717, 1.165) is 5.71 Å². The maximum Gasteiger partial charge on any atom is 0.0666 e. The Kier molecular flexibility index (Phi) is 1.58. The van der Waals surface area contributed by atoms with Crippen molar-refractivity contribution in [3.63, 3.8) is 0 Å². The average Bonchev–Trinajstić information content (AvgIpc) is 2.06. The highest BCUT2D eigenvalue weighted by Crippen LogP contribution is 2.23. The molecule has 2 nitrogen and oxygen atoms in total. The molecule has 0 aromatic heterocycles. The lowest BCUT2D eigenvalue weighted by molar-refractivity contribution is 1.08. The van der Waals surface area contributed by atoms with Gasteiger partial charge in [-0.05, 0) is 13.0 Å². The van der Waals surface area contributed by atoms with Crippen molar-refractivity contribution < 1.29 is 0 Å². The summed E-state index contributed by atoms with van der Waals surface area (Å²) >= 11 is 1.55. The molecule has 0 saturated heterocycles. The first-order valence-electron chi connectivity index (χ1n) is 3.43. The summed E-state index contributed by atoms with van der Waals surface area (Å²) in [5.74, 6) is 0. The van der Waals surface area contributed by atoms with E-state index in [1.165, 1.54) is 10.5 Å². The average molecular weight is 164 g/mol. The molecule has 0 unspecified atom stereocenters. The van der Waals surface area contributed by atoms with Gasteiger partial charge in [-0.2, -0.15) is 5.10 Å². The van der Waals surface area contributed by atoms with E-state index in [4.69, 9.17) is 0 Å². The highest BCUT2D eigenvalue weighted by atomic mass is 32.2. The van der Waals surface area contributed by atoms with Crippen LogP contribution in [0.4, 0.5) is 0 Å². The van der Waals surface area contributed by atoms with Crippen molar-refractivity contribution in [2.45, 2.75) is 11.8 Å². The molecular formula is C8H8N2S. The Balaban J connectivity index is 2.56. The molecule has 1 heterocycles. The molecule has 0 fully saturated rings. The van der Waals surface area contributed by atoms with Crippen LogP contribution in [0.5, 0.6) is 0 Å². The van der Waals surface area contributed by atoms with E-state index in [-0.39, 0.29) is 0 Å². The Bertz CT molecular complexity index is 307. The smallest absolute Gasteiger partial charge is 0.0666 e. The van der Waals surface area contributed by atoms with Crippen molar-refractivity contribution in [2.75, 3.05) is 0 Å². The van der Waals surface area contributed by atoms with Gasteiger partial charge in [0.1, 0.15) is 0 Å². The summed E-state index contributed by atoms with van der Waals surface area (Å²) < 4.78 is 0. The molecule has 2 rings (SSSR count). The Morgan fingerprint density at radius 1 is 1.36 bits per heavy atom. The fourth-order valence-electron chi connectivity index (χ4n) is 1.06. The fraction of sp³-hybridized carbons (Fsp3) is 0.125. The minimum Gasteiger partial charge on any atom is -0.247 e. The van der Waals surface area contributed by atoms with Gasteiger partial charge in [0.2, 0.25) is 0 Å². The third-order valence-electron chi connectivity index (χ3n) is 1.65. The van der Waals surface area contributed by atoms with Crippen LogP contribution in [0.15, 0.2) is 34.3 Å². The topological polar surface area (TPSA) is 24.4 Å². The van der Waals surface area contributed by atoms with E-state index in [0.29, 0.717) is 0 Å². The molecule has 0 spiro atoms. The number of fused-ring (bicyclic) bond motifs is 1. The third-order valence-corrected chi connectivity index (χ3v) is 2.40. The summed E-state index contributed by atoms with van der Waals surface area (Å²) in [6.45, 7) is 2.01. The second-order valence-corrected chi connectivity index (χ2v) is 3.21. The molecule has 1 N–H and O–H groups in total. The standard InChI is InChI=1S/C8H8N2S/c1-6-7-4-2-3-5-8(7)11-10-9-6/h2-5,10H,1H3. The van der Waals surface area contributed by atoms with Crippen molar-refractivity contribution >= 4 is 17.7 Å². The van der Waals surface area contributed by atoms with Gasteiger partial charge < -0.3 is 0 Å². The molecular weight excluding hydrogens is 156 g/mol. The Labute approximate surface area is 69.8 Å². The Morgan fingerprint density at radius 2 is 2.18 bits per heavy atom. The third kappa shape index (κ3) is 1.12. The fourth-order valence-corrected chi connectivity index (χ4v) is 1.81. The van der Waals surface area contributed by atoms with E-state index < -0.39 is 0 Å². The minimum absolute atomic E-state index is 1.05. The summed E-state index contributed by atoms with van der Waals surface area (Å²) in [6, 6.07) is 8.24. The van der Waals surface area contributed by atoms with Crippen LogP contribution in [0, 0.1) is 0 Å². The SMILES string of the molecule is CC1=NNSc2ccccc21. The van der Waals surface area contributed by atoms with Gasteiger partial charge in [-0.1, -0.05) is 18.2 Å². The van der Waals surface area contributed by atoms with Gasteiger partial charge >= 0.3 is 0 Å². The Morgan fingerprint density at radius 3 is 3.00 bits per heavy atom. The number of hydrogen-bond acceptors (Lipinski definition) is 3. The zero-order valence-electron chi connectivity index (χ0n) is 6.16. The normalized spacial score (nSPS) is 14.8. The number of rotatable bonds is 0. The molecule has 0 saturated carbocycles. The van der Waals surface area contributed by atoms with Gasteiger partial charge in [0.25, 0.3) is 0 Å². The van der Waals surface area contributed by atoms with Crippen LogP contribution in [0.1, 0.15) is 12.5 Å². The summed E-state index contributed by atoms with van der Waals surface area (Å²) in [5.41, 5.74) is 2.29. The van der Waals surface area contributed by atoms with Crippen molar-refractivity contribution in [1.82, 2.24) is 4.83 Å². The first-order chi connectivity index (χ1) is 5.38. The van der Waals surface area contributed by atoms with E-state index in [9.17, 15) is 0 Å². The first-order valence-corrected chi connectivity index (χ1v) is 4.25. The quantitative estimate of drug-likeness (QED) is 0.593. The zero-order valence-corrected chi connectivity index (χ0v) is 6.98. The predicted molar refractivity (Wildman–Crippen MR) is 47.6 cm³/mol. The minimum atomic E-state index is 1.05. The molecule has 3 heteroatoms. The van der Waals surface area contributed by atoms with E-state index in [2.05, 4.69) is 22.1 Å². The van der Waals surface area contributed by atoms with E-state index in [1.807, 2.05) is 19.1 Å². The molecule has 1 aliphatic rings. The van der Waals surface area contributed by atoms with Crippen LogP contribution in [0.3, 0.4) is 0 Å². The molecule has 0 atom stereocenters. The molecule has 56 valence electrons. The largest absolute Gasteiger partial charge is 0.247 e. The van der Waals surface area contributed by atoms with Gasteiger partial charge in [-0.15, -0.1) is 0 Å². The number of hydrazone groups is 1. The van der Waals surface area contributed by atoms with Crippen molar-refractivity contribution in [2.24, 2.45) is 5.10 Å². The Hall–Kier alpha value is -0.960. The maximum atomic E-state index is 4.10.